The van der Waals surface area contributed by atoms with E-state index in [9.17, 15) is 9.59 Å². The summed E-state index contributed by atoms with van der Waals surface area (Å²) < 4.78 is 12.2. The van der Waals surface area contributed by atoms with Crippen molar-refractivity contribution in [1.82, 2.24) is 19.8 Å². The maximum Gasteiger partial charge on any atom is 0.366 e. The maximum atomic E-state index is 11.8. The van der Waals surface area contributed by atoms with Gasteiger partial charge in [0.1, 0.15) is 13.3 Å². The third kappa shape index (κ3) is 5.66. The smallest absolute Gasteiger partial charge is 0.366 e. The Morgan fingerprint density at radius 1 is 1.25 bits per heavy atom. The predicted molar refractivity (Wildman–Crippen MR) is 75.0 cm³/mol. The Kier molecular flexibility index (Phi) is 6.08. The van der Waals surface area contributed by atoms with E-state index in [4.69, 9.17) is 9.47 Å². The van der Waals surface area contributed by atoms with E-state index in [1.54, 1.807) is 6.92 Å². The Morgan fingerprint density at radius 2 is 1.90 bits per heavy atom. The van der Waals surface area contributed by atoms with E-state index in [1.807, 2.05) is 0 Å². The fraction of sp³-hybridized carbons (Fsp3) is 0.818. The minimum atomic E-state index is -1.15. The van der Waals surface area contributed by atoms with Gasteiger partial charge >= 0.3 is 11.7 Å². The second kappa shape index (κ2) is 7.34. The highest BCUT2D eigenvalue weighted by Crippen LogP contribution is 2.07. The van der Waals surface area contributed by atoms with Crippen LogP contribution in [-0.4, -0.2) is 47.0 Å². The number of aromatic nitrogens is 4. The molecule has 0 amide bonds. The molecule has 0 spiro atoms. The van der Waals surface area contributed by atoms with Crippen LogP contribution in [-0.2, 0) is 27.5 Å². The first-order valence-corrected chi connectivity index (χ1v) is 10.3. The van der Waals surface area contributed by atoms with Crippen molar-refractivity contribution in [3.05, 3.63) is 10.5 Å². The van der Waals surface area contributed by atoms with E-state index in [0.717, 1.165) is 15.4 Å². The summed E-state index contributed by atoms with van der Waals surface area (Å²) in [6.45, 7) is 9.11. The van der Waals surface area contributed by atoms with Crippen molar-refractivity contribution in [3.63, 3.8) is 0 Å². The Bertz CT molecular complexity index is 491. The van der Waals surface area contributed by atoms with Crippen LogP contribution in [0.2, 0.25) is 25.7 Å². The maximum absolute atomic E-state index is 11.8. The van der Waals surface area contributed by atoms with Gasteiger partial charge in [0.2, 0.25) is 0 Å². The van der Waals surface area contributed by atoms with Crippen molar-refractivity contribution in [2.45, 2.75) is 45.9 Å². The first-order chi connectivity index (χ1) is 9.33. The number of rotatable bonds is 8. The molecule has 0 aliphatic carbocycles. The zero-order valence-corrected chi connectivity index (χ0v) is 13.5. The van der Waals surface area contributed by atoms with Gasteiger partial charge in [-0.3, -0.25) is 4.79 Å². The Hall–Kier alpha value is -1.48. The summed E-state index contributed by atoms with van der Waals surface area (Å²) in [4.78, 5) is 23.1. The fourth-order valence-electron chi connectivity index (χ4n) is 1.34. The molecule has 0 atom stereocenters. The standard InChI is InChI=1S/C11H22N4O4Si/c1-5-19-10(16)8-14-11(17)15(13-12-14)9-18-6-7-20(2,3)4/h5-9H2,1-4H3. The molecule has 0 unspecified atom stereocenters. The monoisotopic (exact) mass is 302 g/mol. The quantitative estimate of drug-likeness (QED) is 0.390. The van der Waals surface area contributed by atoms with Crippen LogP contribution in [0.4, 0.5) is 0 Å². The van der Waals surface area contributed by atoms with E-state index in [1.165, 1.54) is 0 Å². The molecule has 9 heteroatoms. The van der Waals surface area contributed by atoms with E-state index >= 15 is 0 Å². The van der Waals surface area contributed by atoms with E-state index < -0.39 is 19.7 Å². The normalized spacial score (nSPS) is 11.6. The van der Waals surface area contributed by atoms with E-state index in [2.05, 4.69) is 30.1 Å². The Labute approximate surface area is 118 Å². The highest BCUT2D eigenvalue weighted by atomic mass is 28.3. The van der Waals surface area contributed by atoms with Crippen LogP contribution in [0.3, 0.4) is 0 Å². The molecular weight excluding hydrogens is 280 g/mol. The number of carbonyl (C=O) groups excluding carboxylic acids is 1. The van der Waals surface area contributed by atoms with Gasteiger partial charge in [-0.15, -0.1) is 0 Å². The molecule has 1 rings (SSSR count). The zero-order valence-electron chi connectivity index (χ0n) is 12.5. The van der Waals surface area contributed by atoms with Crippen LogP contribution >= 0.6 is 0 Å². The third-order valence-corrected chi connectivity index (χ3v) is 4.20. The summed E-state index contributed by atoms with van der Waals surface area (Å²) >= 11 is 0. The van der Waals surface area contributed by atoms with Gasteiger partial charge in [-0.1, -0.05) is 19.6 Å². The van der Waals surface area contributed by atoms with Crippen LogP contribution in [0.5, 0.6) is 0 Å². The van der Waals surface area contributed by atoms with Crippen LogP contribution in [0.25, 0.3) is 0 Å². The van der Waals surface area contributed by atoms with Gasteiger partial charge in [-0.2, -0.15) is 9.36 Å². The molecule has 0 N–H and O–H groups in total. The lowest BCUT2D eigenvalue weighted by molar-refractivity contribution is -0.144. The summed E-state index contributed by atoms with van der Waals surface area (Å²) in [6, 6.07) is 1.01. The Morgan fingerprint density at radius 3 is 2.50 bits per heavy atom. The SMILES string of the molecule is CCOC(=O)Cn1nnn(COCC[Si](C)(C)C)c1=O. The van der Waals surface area contributed by atoms with Gasteiger partial charge < -0.3 is 9.47 Å². The number of carbonyl (C=O) groups is 1. The minimum absolute atomic E-state index is 0.0478. The van der Waals surface area contributed by atoms with Crippen LogP contribution < -0.4 is 5.69 Å². The van der Waals surface area contributed by atoms with Crippen molar-refractivity contribution < 1.29 is 14.3 Å². The summed E-state index contributed by atoms with van der Waals surface area (Å²) in [7, 11) is -1.15. The number of esters is 1. The van der Waals surface area contributed by atoms with Gasteiger partial charge in [0.05, 0.1) is 6.61 Å². The fourth-order valence-corrected chi connectivity index (χ4v) is 2.10. The lowest BCUT2D eigenvalue weighted by Crippen LogP contribution is -2.29. The topological polar surface area (TPSA) is 88.2 Å². The second-order valence-electron chi connectivity index (χ2n) is 5.57. The largest absolute Gasteiger partial charge is 0.465 e. The van der Waals surface area contributed by atoms with Crippen molar-refractivity contribution in [3.8, 4) is 0 Å². The van der Waals surface area contributed by atoms with Gasteiger partial charge in [0.25, 0.3) is 0 Å². The molecule has 0 aliphatic rings. The summed E-state index contributed by atoms with van der Waals surface area (Å²) in [5.41, 5.74) is -0.481. The average molecular weight is 302 g/mol. The molecule has 20 heavy (non-hydrogen) atoms. The molecule has 1 aromatic rings. The van der Waals surface area contributed by atoms with Crippen LogP contribution in [0.1, 0.15) is 6.92 Å². The summed E-state index contributed by atoms with van der Waals surface area (Å²) in [5, 5.41) is 7.27. The number of hydrogen-bond donors (Lipinski definition) is 0. The third-order valence-electron chi connectivity index (χ3n) is 2.49. The molecule has 0 saturated carbocycles. The molecule has 0 aromatic carbocycles. The van der Waals surface area contributed by atoms with Gasteiger partial charge in [0.15, 0.2) is 0 Å². The Balaban J connectivity index is 2.47. The van der Waals surface area contributed by atoms with Gasteiger partial charge in [0, 0.05) is 14.7 Å². The number of ether oxygens (including phenoxy) is 2. The number of nitrogens with zero attached hydrogens (tertiary/aromatic N) is 4. The molecule has 0 saturated heterocycles. The number of tetrazole rings is 1. The molecule has 114 valence electrons. The highest BCUT2D eigenvalue weighted by molar-refractivity contribution is 6.76. The van der Waals surface area contributed by atoms with E-state index in [-0.39, 0.29) is 19.9 Å². The van der Waals surface area contributed by atoms with Gasteiger partial charge in [-0.25, -0.2) is 4.79 Å². The molecule has 0 fully saturated rings. The molecule has 8 nitrogen and oxygen atoms in total. The lowest BCUT2D eigenvalue weighted by Gasteiger charge is -2.14. The first kappa shape index (κ1) is 16.6. The van der Waals surface area contributed by atoms with Crippen LogP contribution in [0, 0.1) is 0 Å². The molecule has 1 aromatic heterocycles. The van der Waals surface area contributed by atoms with Crippen molar-refractivity contribution in [1.29, 1.82) is 0 Å². The van der Waals surface area contributed by atoms with Crippen molar-refractivity contribution in [2.75, 3.05) is 13.2 Å². The zero-order chi connectivity index (χ0) is 15.2. The van der Waals surface area contributed by atoms with Crippen LogP contribution in [0.15, 0.2) is 4.79 Å². The molecular formula is C11H22N4O4Si. The van der Waals surface area contributed by atoms with Crippen molar-refractivity contribution in [2.24, 2.45) is 0 Å². The summed E-state index contributed by atoms with van der Waals surface area (Å²) in [6.07, 6.45) is 0. The van der Waals surface area contributed by atoms with E-state index in [0.29, 0.717) is 6.61 Å². The number of hydrogen-bond acceptors (Lipinski definition) is 6. The molecule has 0 radical (unpaired) electrons. The molecule has 1 heterocycles. The minimum Gasteiger partial charge on any atom is -0.465 e. The molecule has 0 bridgehead atoms. The lowest BCUT2D eigenvalue weighted by atomic mass is 10.6. The first-order valence-electron chi connectivity index (χ1n) is 6.57. The molecule has 0 aliphatic heterocycles. The van der Waals surface area contributed by atoms with Gasteiger partial charge in [-0.05, 0) is 23.4 Å². The van der Waals surface area contributed by atoms with Crippen molar-refractivity contribution >= 4 is 14.0 Å². The summed E-state index contributed by atoms with van der Waals surface area (Å²) in [5.74, 6) is -0.513. The second-order valence-corrected chi connectivity index (χ2v) is 11.2. The average Bonchev–Trinajstić information content (AvgIpc) is 2.66. The highest BCUT2D eigenvalue weighted by Gasteiger charge is 2.14. The predicted octanol–water partition coefficient (Wildman–Crippen LogP) is 0.315.